The maximum atomic E-state index is 13.0. The number of anilines is 1. The molecule has 2 aromatic carbocycles. The zero-order chi connectivity index (χ0) is 13.1. The first-order valence-electron chi connectivity index (χ1n) is 5.81. The fourth-order valence-electron chi connectivity index (χ4n) is 1.98. The first kappa shape index (κ1) is 12.9. The monoisotopic (exact) mass is 263 g/mol. The van der Waals surface area contributed by atoms with Gasteiger partial charge < -0.3 is 5.32 Å². The minimum absolute atomic E-state index is 0.139. The normalized spacial score (nSPS) is 10.4. The van der Waals surface area contributed by atoms with E-state index in [0.29, 0.717) is 6.54 Å². The van der Waals surface area contributed by atoms with Crippen molar-refractivity contribution in [3.05, 3.63) is 63.9 Å². The lowest BCUT2D eigenvalue weighted by Crippen LogP contribution is -2.00. The standard InChI is InChI=1S/C15H15ClFN/c1-10-5-11(2)7-12(6-10)9-18-13-3-4-15(17)14(16)8-13/h3-8,18H,9H2,1-2H3. The third kappa shape index (κ3) is 3.23. The van der Waals surface area contributed by atoms with Crippen LogP contribution in [0.5, 0.6) is 0 Å². The SMILES string of the molecule is Cc1cc(C)cc(CNc2ccc(F)c(Cl)c2)c1. The summed E-state index contributed by atoms with van der Waals surface area (Å²) in [5, 5.41) is 3.37. The molecule has 0 radical (unpaired) electrons. The van der Waals surface area contributed by atoms with Gasteiger partial charge in [0, 0.05) is 12.2 Å². The van der Waals surface area contributed by atoms with Crippen molar-refractivity contribution in [2.75, 3.05) is 5.32 Å². The number of benzene rings is 2. The van der Waals surface area contributed by atoms with Crippen LogP contribution in [0.15, 0.2) is 36.4 Å². The molecule has 2 rings (SSSR count). The Morgan fingerprint density at radius 1 is 1.06 bits per heavy atom. The lowest BCUT2D eigenvalue weighted by atomic mass is 10.1. The highest BCUT2D eigenvalue weighted by Crippen LogP contribution is 2.20. The first-order valence-corrected chi connectivity index (χ1v) is 6.18. The van der Waals surface area contributed by atoms with E-state index < -0.39 is 5.82 Å². The fourth-order valence-corrected chi connectivity index (χ4v) is 2.16. The van der Waals surface area contributed by atoms with Gasteiger partial charge in [-0.05, 0) is 37.6 Å². The Morgan fingerprint density at radius 3 is 2.33 bits per heavy atom. The van der Waals surface area contributed by atoms with Crippen LogP contribution in [0.4, 0.5) is 10.1 Å². The van der Waals surface area contributed by atoms with Crippen molar-refractivity contribution in [2.45, 2.75) is 20.4 Å². The van der Waals surface area contributed by atoms with Crippen molar-refractivity contribution < 1.29 is 4.39 Å². The summed E-state index contributed by atoms with van der Waals surface area (Å²) >= 11 is 5.73. The van der Waals surface area contributed by atoms with E-state index in [0.717, 1.165) is 5.69 Å². The summed E-state index contributed by atoms with van der Waals surface area (Å²) in [5.41, 5.74) is 4.50. The van der Waals surface area contributed by atoms with E-state index >= 15 is 0 Å². The summed E-state index contributed by atoms with van der Waals surface area (Å²) in [6, 6.07) is 11.0. The van der Waals surface area contributed by atoms with E-state index in [2.05, 4.69) is 37.4 Å². The summed E-state index contributed by atoms with van der Waals surface area (Å²) < 4.78 is 13.0. The van der Waals surface area contributed by atoms with Crippen molar-refractivity contribution >= 4 is 17.3 Å². The average Bonchev–Trinajstić information content (AvgIpc) is 2.29. The fraction of sp³-hybridized carbons (Fsp3) is 0.200. The second-order valence-electron chi connectivity index (χ2n) is 4.48. The molecular weight excluding hydrogens is 249 g/mol. The highest BCUT2D eigenvalue weighted by atomic mass is 35.5. The Labute approximate surface area is 112 Å². The molecule has 3 heteroatoms. The van der Waals surface area contributed by atoms with Crippen LogP contribution in [0, 0.1) is 19.7 Å². The molecule has 0 amide bonds. The summed E-state index contributed by atoms with van der Waals surface area (Å²) in [7, 11) is 0. The van der Waals surface area contributed by atoms with Crippen LogP contribution < -0.4 is 5.32 Å². The van der Waals surface area contributed by atoms with E-state index in [9.17, 15) is 4.39 Å². The molecule has 0 heterocycles. The number of aryl methyl sites for hydroxylation is 2. The number of hydrogen-bond acceptors (Lipinski definition) is 1. The molecule has 0 aliphatic rings. The van der Waals surface area contributed by atoms with Crippen LogP contribution in [0.3, 0.4) is 0 Å². The van der Waals surface area contributed by atoms with Gasteiger partial charge in [-0.1, -0.05) is 40.9 Å². The zero-order valence-corrected chi connectivity index (χ0v) is 11.2. The average molecular weight is 264 g/mol. The van der Waals surface area contributed by atoms with Crippen LogP contribution in [0.2, 0.25) is 5.02 Å². The van der Waals surface area contributed by atoms with Crippen LogP contribution >= 0.6 is 11.6 Å². The van der Waals surface area contributed by atoms with E-state index in [1.54, 1.807) is 12.1 Å². The van der Waals surface area contributed by atoms with Crippen LogP contribution in [-0.2, 0) is 6.54 Å². The van der Waals surface area contributed by atoms with E-state index in [1.807, 2.05) is 0 Å². The number of halogens is 2. The molecule has 1 nitrogen and oxygen atoms in total. The van der Waals surface area contributed by atoms with Gasteiger partial charge >= 0.3 is 0 Å². The quantitative estimate of drug-likeness (QED) is 0.846. The minimum Gasteiger partial charge on any atom is -0.381 e. The predicted octanol–water partition coefficient (Wildman–Crippen LogP) is 4.71. The van der Waals surface area contributed by atoms with Gasteiger partial charge in [-0.25, -0.2) is 4.39 Å². The number of rotatable bonds is 3. The molecule has 1 N–H and O–H groups in total. The molecule has 0 spiro atoms. The molecule has 0 aliphatic heterocycles. The molecule has 0 atom stereocenters. The Bertz CT molecular complexity index is 546. The Morgan fingerprint density at radius 2 is 1.72 bits per heavy atom. The highest BCUT2D eigenvalue weighted by molar-refractivity contribution is 6.31. The third-order valence-corrected chi connectivity index (χ3v) is 2.99. The summed E-state index contributed by atoms with van der Waals surface area (Å²) in [6.45, 7) is 4.85. The lowest BCUT2D eigenvalue weighted by molar-refractivity contribution is 0.628. The molecular formula is C15H15ClFN. The van der Waals surface area contributed by atoms with Crippen molar-refractivity contribution in [2.24, 2.45) is 0 Å². The van der Waals surface area contributed by atoms with Crippen molar-refractivity contribution in [3.63, 3.8) is 0 Å². The molecule has 0 aliphatic carbocycles. The van der Waals surface area contributed by atoms with Gasteiger partial charge in [0.05, 0.1) is 5.02 Å². The smallest absolute Gasteiger partial charge is 0.141 e. The van der Waals surface area contributed by atoms with E-state index in [1.165, 1.54) is 22.8 Å². The third-order valence-electron chi connectivity index (χ3n) is 2.70. The molecule has 0 aromatic heterocycles. The van der Waals surface area contributed by atoms with Crippen molar-refractivity contribution in [1.82, 2.24) is 0 Å². The lowest BCUT2D eigenvalue weighted by Gasteiger charge is -2.09. The van der Waals surface area contributed by atoms with Crippen LogP contribution in [-0.4, -0.2) is 0 Å². The number of nitrogens with one attached hydrogen (secondary N) is 1. The van der Waals surface area contributed by atoms with Gasteiger partial charge in [-0.2, -0.15) is 0 Å². The summed E-state index contributed by atoms with van der Waals surface area (Å²) in [4.78, 5) is 0. The van der Waals surface area contributed by atoms with Gasteiger partial charge in [-0.3, -0.25) is 0 Å². The van der Waals surface area contributed by atoms with Gasteiger partial charge in [0.2, 0.25) is 0 Å². The van der Waals surface area contributed by atoms with Crippen molar-refractivity contribution in [1.29, 1.82) is 0 Å². The highest BCUT2D eigenvalue weighted by Gasteiger charge is 2.01. The maximum Gasteiger partial charge on any atom is 0.141 e. The van der Waals surface area contributed by atoms with Crippen LogP contribution in [0.25, 0.3) is 0 Å². The molecule has 0 saturated heterocycles. The maximum absolute atomic E-state index is 13.0. The summed E-state index contributed by atoms with van der Waals surface area (Å²) in [5.74, 6) is -0.395. The molecule has 18 heavy (non-hydrogen) atoms. The Balaban J connectivity index is 2.08. The second-order valence-corrected chi connectivity index (χ2v) is 4.89. The van der Waals surface area contributed by atoms with Gasteiger partial charge in [0.1, 0.15) is 5.82 Å². The molecule has 0 unspecified atom stereocenters. The zero-order valence-electron chi connectivity index (χ0n) is 10.4. The van der Waals surface area contributed by atoms with Crippen LogP contribution in [0.1, 0.15) is 16.7 Å². The van der Waals surface area contributed by atoms with E-state index in [4.69, 9.17) is 11.6 Å². The topological polar surface area (TPSA) is 12.0 Å². The Kier molecular flexibility index (Phi) is 3.87. The molecule has 0 saturated carbocycles. The summed E-state index contributed by atoms with van der Waals surface area (Å²) in [6.07, 6.45) is 0. The number of hydrogen-bond donors (Lipinski definition) is 1. The van der Waals surface area contributed by atoms with Crippen molar-refractivity contribution in [3.8, 4) is 0 Å². The van der Waals surface area contributed by atoms with Gasteiger partial charge in [0.15, 0.2) is 0 Å². The second kappa shape index (κ2) is 5.40. The predicted molar refractivity (Wildman–Crippen MR) is 74.7 cm³/mol. The Hall–Kier alpha value is -1.54. The molecule has 0 bridgehead atoms. The van der Waals surface area contributed by atoms with Gasteiger partial charge in [0.25, 0.3) is 0 Å². The first-order chi connectivity index (χ1) is 8.54. The largest absolute Gasteiger partial charge is 0.381 e. The molecule has 0 fully saturated rings. The van der Waals surface area contributed by atoms with Gasteiger partial charge in [-0.15, -0.1) is 0 Å². The molecule has 2 aromatic rings. The van der Waals surface area contributed by atoms with E-state index in [-0.39, 0.29) is 5.02 Å². The molecule has 94 valence electrons. The minimum atomic E-state index is -0.395.